The van der Waals surface area contributed by atoms with E-state index in [1.165, 1.54) is 0 Å². The molecule has 1 aliphatic rings. The molecular formula is C12H17ClN2O. The fourth-order valence-corrected chi connectivity index (χ4v) is 2.19. The van der Waals surface area contributed by atoms with Gasteiger partial charge in [0.1, 0.15) is 0 Å². The first-order chi connectivity index (χ1) is 7.74. The Kier molecular flexibility index (Phi) is 3.69. The third-order valence-corrected chi connectivity index (χ3v) is 3.28. The summed E-state index contributed by atoms with van der Waals surface area (Å²) >= 11 is 6.22. The topological polar surface area (TPSA) is 38.5 Å². The smallest absolute Gasteiger partial charge is 0.0761 e. The molecule has 3 nitrogen and oxygen atoms in total. The van der Waals surface area contributed by atoms with E-state index in [4.69, 9.17) is 22.1 Å². The Morgan fingerprint density at radius 1 is 1.50 bits per heavy atom. The van der Waals surface area contributed by atoms with Crippen molar-refractivity contribution in [3.05, 3.63) is 29.3 Å². The van der Waals surface area contributed by atoms with Crippen molar-refractivity contribution in [3.8, 4) is 0 Å². The highest BCUT2D eigenvalue weighted by molar-refractivity contribution is 6.33. The van der Waals surface area contributed by atoms with E-state index in [0.717, 1.165) is 23.9 Å². The number of hydrogen-bond donors (Lipinski definition) is 1. The number of halogens is 1. The third-order valence-electron chi connectivity index (χ3n) is 2.96. The van der Waals surface area contributed by atoms with Crippen LogP contribution in [0.2, 0.25) is 5.02 Å². The lowest BCUT2D eigenvalue weighted by Gasteiger charge is -2.42. The molecule has 88 valence electrons. The van der Waals surface area contributed by atoms with Crippen molar-refractivity contribution < 1.29 is 4.74 Å². The third kappa shape index (κ3) is 2.17. The normalized spacial score (nSPS) is 17.9. The summed E-state index contributed by atoms with van der Waals surface area (Å²) in [6, 6.07) is 8.55. The molecule has 1 saturated heterocycles. The summed E-state index contributed by atoms with van der Waals surface area (Å²) < 4.78 is 5.25. The van der Waals surface area contributed by atoms with Crippen molar-refractivity contribution in [1.29, 1.82) is 0 Å². The molecule has 0 saturated carbocycles. The number of ether oxygens (including phenoxy) is 1. The molecule has 4 heteroatoms. The predicted molar refractivity (Wildman–Crippen MR) is 67.1 cm³/mol. The van der Waals surface area contributed by atoms with E-state index < -0.39 is 0 Å². The van der Waals surface area contributed by atoms with Crippen LogP contribution >= 0.6 is 11.6 Å². The summed E-state index contributed by atoms with van der Waals surface area (Å²) in [6.45, 7) is 4.24. The van der Waals surface area contributed by atoms with E-state index in [0.29, 0.717) is 12.6 Å². The monoisotopic (exact) mass is 240 g/mol. The Hall–Kier alpha value is -0.770. The van der Waals surface area contributed by atoms with Crippen LogP contribution < -0.4 is 10.6 Å². The number of anilines is 1. The molecule has 1 atom stereocenters. The Morgan fingerprint density at radius 2 is 2.19 bits per heavy atom. The van der Waals surface area contributed by atoms with Gasteiger partial charge in [-0.25, -0.2) is 0 Å². The largest absolute Gasteiger partial charge is 0.377 e. The first-order valence-corrected chi connectivity index (χ1v) is 5.92. The lowest BCUT2D eigenvalue weighted by molar-refractivity contribution is 0.00552. The maximum atomic E-state index is 6.22. The van der Waals surface area contributed by atoms with E-state index in [1.54, 1.807) is 0 Å². The first-order valence-electron chi connectivity index (χ1n) is 5.54. The zero-order valence-corrected chi connectivity index (χ0v) is 10.2. The van der Waals surface area contributed by atoms with Crippen LogP contribution in [0.25, 0.3) is 0 Å². The minimum atomic E-state index is 0.272. The lowest BCUT2D eigenvalue weighted by atomic mass is 10.1. The molecule has 16 heavy (non-hydrogen) atoms. The maximum absolute atomic E-state index is 6.22. The molecule has 1 heterocycles. The molecule has 1 aliphatic heterocycles. The minimum absolute atomic E-state index is 0.272. The highest BCUT2D eigenvalue weighted by Crippen LogP contribution is 2.30. The Morgan fingerprint density at radius 3 is 2.69 bits per heavy atom. The van der Waals surface area contributed by atoms with Crippen LogP contribution in [0, 0.1) is 0 Å². The van der Waals surface area contributed by atoms with Gasteiger partial charge in [0, 0.05) is 12.6 Å². The highest BCUT2D eigenvalue weighted by atomic mass is 35.5. The van der Waals surface area contributed by atoms with Gasteiger partial charge in [0.25, 0.3) is 0 Å². The van der Waals surface area contributed by atoms with Crippen LogP contribution in [0.3, 0.4) is 0 Å². The van der Waals surface area contributed by atoms with Gasteiger partial charge >= 0.3 is 0 Å². The number of nitrogens with zero attached hydrogens (tertiary/aromatic N) is 1. The molecule has 0 bridgehead atoms. The van der Waals surface area contributed by atoms with Crippen LogP contribution in [0.15, 0.2) is 24.3 Å². The van der Waals surface area contributed by atoms with E-state index in [9.17, 15) is 0 Å². The molecule has 2 N–H and O–H groups in total. The molecular weight excluding hydrogens is 224 g/mol. The predicted octanol–water partition coefficient (Wildman–Crippen LogP) is 1.89. The summed E-state index contributed by atoms with van der Waals surface area (Å²) in [4.78, 5) is 2.27. The number of hydrogen-bond acceptors (Lipinski definition) is 3. The highest BCUT2D eigenvalue weighted by Gasteiger charge is 2.30. The van der Waals surface area contributed by atoms with Gasteiger partial charge in [0.15, 0.2) is 0 Å². The van der Waals surface area contributed by atoms with Gasteiger partial charge in [0.05, 0.1) is 30.0 Å². The molecule has 0 aliphatic carbocycles. The molecule has 0 amide bonds. The van der Waals surface area contributed by atoms with Crippen molar-refractivity contribution in [2.75, 3.05) is 24.7 Å². The fourth-order valence-electron chi connectivity index (χ4n) is 1.95. The van der Waals surface area contributed by atoms with Gasteiger partial charge in [0.2, 0.25) is 0 Å². The second-order valence-electron chi connectivity index (χ2n) is 4.13. The van der Waals surface area contributed by atoms with Gasteiger partial charge in [-0.2, -0.15) is 0 Å². The van der Waals surface area contributed by atoms with Gasteiger partial charge in [-0.15, -0.1) is 0 Å². The van der Waals surface area contributed by atoms with Crippen LogP contribution in [0.1, 0.15) is 6.92 Å². The summed E-state index contributed by atoms with van der Waals surface area (Å²) in [5.41, 5.74) is 6.80. The summed E-state index contributed by atoms with van der Waals surface area (Å²) in [5.74, 6) is 0. The van der Waals surface area contributed by atoms with Gasteiger partial charge in [-0.1, -0.05) is 23.7 Å². The molecule has 1 unspecified atom stereocenters. The molecule has 2 rings (SSSR count). The second kappa shape index (κ2) is 5.04. The molecule has 1 aromatic rings. The van der Waals surface area contributed by atoms with Crippen LogP contribution in [-0.2, 0) is 4.74 Å². The average Bonchev–Trinajstić information content (AvgIpc) is 2.23. The standard InChI is InChI=1S/C12H17ClN2O/c1-9(6-14)15(10-7-16-8-10)12-5-3-2-4-11(12)13/h2-5,9-10H,6-8,14H2,1H3. The van der Waals surface area contributed by atoms with Gasteiger partial charge < -0.3 is 15.4 Å². The van der Waals surface area contributed by atoms with E-state index >= 15 is 0 Å². The Labute approximate surface area is 101 Å². The SMILES string of the molecule is CC(CN)N(c1ccccc1Cl)C1COC1. The second-order valence-corrected chi connectivity index (χ2v) is 4.54. The van der Waals surface area contributed by atoms with E-state index in [2.05, 4.69) is 11.8 Å². The number of rotatable bonds is 4. The van der Waals surface area contributed by atoms with Crippen molar-refractivity contribution in [2.24, 2.45) is 5.73 Å². The zero-order valence-electron chi connectivity index (χ0n) is 9.40. The number of nitrogens with two attached hydrogens (primary N) is 1. The van der Waals surface area contributed by atoms with Crippen LogP contribution in [0.5, 0.6) is 0 Å². The average molecular weight is 241 g/mol. The summed E-state index contributed by atoms with van der Waals surface area (Å²) in [5, 5.41) is 0.773. The lowest BCUT2D eigenvalue weighted by Crippen LogP contribution is -2.55. The van der Waals surface area contributed by atoms with Gasteiger partial charge in [-0.05, 0) is 19.1 Å². The maximum Gasteiger partial charge on any atom is 0.0761 e. The molecule has 0 aromatic heterocycles. The fraction of sp³-hybridized carbons (Fsp3) is 0.500. The Bertz CT molecular complexity index is 350. The van der Waals surface area contributed by atoms with E-state index in [1.807, 2.05) is 24.3 Å². The summed E-state index contributed by atoms with van der Waals surface area (Å²) in [6.07, 6.45) is 0. The van der Waals surface area contributed by atoms with E-state index in [-0.39, 0.29) is 6.04 Å². The molecule has 1 aromatic carbocycles. The van der Waals surface area contributed by atoms with Crippen molar-refractivity contribution in [3.63, 3.8) is 0 Å². The number of para-hydroxylation sites is 1. The Balaban J connectivity index is 2.27. The van der Waals surface area contributed by atoms with Crippen molar-refractivity contribution in [1.82, 2.24) is 0 Å². The first kappa shape index (κ1) is 11.7. The molecule has 0 spiro atoms. The minimum Gasteiger partial charge on any atom is -0.377 e. The van der Waals surface area contributed by atoms with Crippen molar-refractivity contribution in [2.45, 2.75) is 19.0 Å². The van der Waals surface area contributed by atoms with Gasteiger partial charge in [-0.3, -0.25) is 0 Å². The number of benzene rings is 1. The quantitative estimate of drug-likeness (QED) is 0.874. The molecule has 1 fully saturated rings. The summed E-state index contributed by atoms with van der Waals surface area (Å²) in [7, 11) is 0. The zero-order chi connectivity index (χ0) is 11.5. The molecule has 0 radical (unpaired) electrons. The van der Waals surface area contributed by atoms with Crippen LogP contribution in [0.4, 0.5) is 5.69 Å². The van der Waals surface area contributed by atoms with Crippen molar-refractivity contribution >= 4 is 17.3 Å². The van der Waals surface area contributed by atoms with Crippen LogP contribution in [-0.4, -0.2) is 31.8 Å².